The number of hydrazine groups is 1. The molecule has 4 heteroatoms. The Morgan fingerprint density at radius 3 is 2.47 bits per heavy atom. The van der Waals surface area contributed by atoms with Crippen molar-refractivity contribution in [3.8, 4) is 5.75 Å². The molecule has 0 amide bonds. The van der Waals surface area contributed by atoms with Gasteiger partial charge in [-0.05, 0) is 36.5 Å². The average molecular weight is 262 g/mol. The highest BCUT2D eigenvalue weighted by Crippen LogP contribution is 2.37. The van der Waals surface area contributed by atoms with E-state index < -0.39 is 0 Å². The molecule has 1 N–H and O–H groups in total. The quantitative estimate of drug-likeness (QED) is 0.897. The van der Waals surface area contributed by atoms with Crippen molar-refractivity contribution >= 4 is 0 Å². The Balaban J connectivity index is 1.46. The average Bonchev–Trinajstić information content (AvgIpc) is 2.44. The van der Waals surface area contributed by atoms with Gasteiger partial charge in [0, 0.05) is 19.1 Å². The first-order valence-corrected chi connectivity index (χ1v) is 7.08. The second-order valence-corrected chi connectivity index (χ2v) is 5.37. The summed E-state index contributed by atoms with van der Waals surface area (Å²) in [5.74, 6) is 1.63. The molecule has 0 aromatic heterocycles. The van der Waals surface area contributed by atoms with Gasteiger partial charge in [0.15, 0.2) is 0 Å². The summed E-state index contributed by atoms with van der Waals surface area (Å²) >= 11 is 0. The summed E-state index contributed by atoms with van der Waals surface area (Å²) < 4.78 is 10.5. The normalized spacial score (nSPS) is 27.8. The largest absolute Gasteiger partial charge is 0.497 e. The van der Waals surface area contributed by atoms with E-state index in [9.17, 15) is 0 Å². The summed E-state index contributed by atoms with van der Waals surface area (Å²) in [6.07, 6.45) is 2.45. The molecule has 0 radical (unpaired) electrons. The van der Waals surface area contributed by atoms with E-state index in [1.807, 2.05) is 0 Å². The van der Waals surface area contributed by atoms with E-state index in [0.29, 0.717) is 12.0 Å². The number of benzene rings is 1. The molecular weight excluding hydrogens is 240 g/mol. The Morgan fingerprint density at radius 1 is 1.16 bits per heavy atom. The van der Waals surface area contributed by atoms with Gasteiger partial charge in [-0.1, -0.05) is 12.1 Å². The van der Waals surface area contributed by atoms with Gasteiger partial charge in [-0.2, -0.15) is 0 Å². The third-order valence-electron chi connectivity index (χ3n) is 4.10. The number of nitrogens with one attached hydrogen (secondary N) is 1. The maximum Gasteiger partial charge on any atom is 0.118 e. The van der Waals surface area contributed by atoms with Crippen LogP contribution in [0.2, 0.25) is 0 Å². The van der Waals surface area contributed by atoms with Crippen molar-refractivity contribution in [1.29, 1.82) is 0 Å². The van der Waals surface area contributed by atoms with Crippen molar-refractivity contribution < 1.29 is 9.47 Å². The molecule has 1 saturated carbocycles. The summed E-state index contributed by atoms with van der Waals surface area (Å²) in [7, 11) is 1.71. The summed E-state index contributed by atoms with van der Waals surface area (Å²) in [5, 5.41) is 2.30. The van der Waals surface area contributed by atoms with E-state index in [0.717, 1.165) is 32.1 Å². The summed E-state index contributed by atoms with van der Waals surface area (Å²) in [6.45, 7) is 3.71. The summed E-state index contributed by atoms with van der Waals surface area (Å²) in [4.78, 5) is 0. The molecule has 19 heavy (non-hydrogen) atoms. The fourth-order valence-corrected chi connectivity index (χ4v) is 2.82. The lowest BCUT2D eigenvalue weighted by Crippen LogP contribution is -2.53. The molecule has 0 unspecified atom stereocenters. The van der Waals surface area contributed by atoms with Crippen LogP contribution >= 0.6 is 0 Å². The minimum Gasteiger partial charge on any atom is -0.497 e. The van der Waals surface area contributed by atoms with Crippen LogP contribution in [0.5, 0.6) is 5.75 Å². The molecule has 3 rings (SSSR count). The van der Waals surface area contributed by atoms with Gasteiger partial charge in [0.1, 0.15) is 5.75 Å². The molecule has 1 saturated heterocycles. The van der Waals surface area contributed by atoms with Crippen molar-refractivity contribution in [2.75, 3.05) is 33.4 Å². The van der Waals surface area contributed by atoms with E-state index in [-0.39, 0.29) is 0 Å². The Kier molecular flexibility index (Phi) is 4.01. The lowest BCUT2D eigenvalue weighted by Gasteiger charge is -2.40. The Hall–Kier alpha value is -1.10. The molecule has 0 spiro atoms. The van der Waals surface area contributed by atoms with Gasteiger partial charge < -0.3 is 9.47 Å². The van der Waals surface area contributed by atoms with Crippen LogP contribution in [-0.4, -0.2) is 44.5 Å². The lowest BCUT2D eigenvalue weighted by molar-refractivity contribution is -0.00620. The minimum absolute atomic E-state index is 0.630. The van der Waals surface area contributed by atoms with E-state index in [1.54, 1.807) is 7.11 Å². The minimum atomic E-state index is 0.630. The van der Waals surface area contributed by atoms with Crippen molar-refractivity contribution in [3.63, 3.8) is 0 Å². The molecule has 1 aliphatic heterocycles. The van der Waals surface area contributed by atoms with Crippen LogP contribution in [0, 0.1) is 0 Å². The molecule has 1 aromatic carbocycles. The molecular formula is C15H22N2O2. The number of ether oxygens (including phenoxy) is 2. The van der Waals surface area contributed by atoms with Gasteiger partial charge >= 0.3 is 0 Å². The van der Waals surface area contributed by atoms with E-state index in [2.05, 4.69) is 34.7 Å². The van der Waals surface area contributed by atoms with Crippen LogP contribution in [0.25, 0.3) is 0 Å². The molecule has 0 atom stereocenters. The van der Waals surface area contributed by atoms with Crippen LogP contribution in [0.15, 0.2) is 24.3 Å². The van der Waals surface area contributed by atoms with Crippen molar-refractivity contribution in [1.82, 2.24) is 10.4 Å². The van der Waals surface area contributed by atoms with Crippen LogP contribution in [0.4, 0.5) is 0 Å². The smallest absolute Gasteiger partial charge is 0.118 e. The first kappa shape index (κ1) is 12.9. The first-order chi connectivity index (χ1) is 9.35. The standard InChI is InChI=1S/C15H22N2O2/c1-18-15-4-2-12(3-5-15)13-10-14(11-13)16-17-6-8-19-9-7-17/h2-5,13-14,16H,6-11H2,1H3. The highest BCUT2D eigenvalue weighted by Gasteiger charge is 2.31. The lowest BCUT2D eigenvalue weighted by atomic mass is 9.76. The number of rotatable bonds is 4. The Morgan fingerprint density at radius 2 is 1.84 bits per heavy atom. The van der Waals surface area contributed by atoms with Gasteiger partial charge in [0.25, 0.3) is 0 Å². The number of methoxy groups -OCH3 is 1. The van der Waals surface area contributed by atoms with Crippen molar-refractivity contribution in [3.05, 3.63) is 29.8 Å². The molecule has 1 aromatic rings. The summed E-state index contributed by atoms with van der Waals surface area (Å²) in [6, 6.07) is 9.11. The fourth-order valence-electron chi connectivity index (χ4n) is 2.82. The molecule has 104 valence electrons. The zero-order valence-corrected chi connectivity index (χ0v) is 11.5. The van der Waals surface area contributed by atoms with E-state index >= 15 is 0 Å². The molecule has 1 aliphatic carbocycles. The van der Waals surface area contributed by atoms with Crippen LogP contribution in [-0.2, 0) is 4.74 Å². The van der Waals surface area contributed by atoms with Crippen LogP contribution in [0.1, 0.15) is 24.3 Å². The fraction of sp³-hybridized carbons (Fsp3) is 0.600. The highest BCUT2D eigenvalue weighted by atomic mass is 16.5. The highest BCUT2D eigenvalue weighted by molar-refractivity contribution is 5.30. The van der Waals surface area contributed by atoms with Crippen LogP contribution in [0.3, 0.4) is 0 Å². The second kappa shape index (κ2) is 5.90. The molecule has 2 fully saturated rings. The van der Waals surface area contributed by atoms with Gasteiger partial charge in [-0.15, -0.1) is 0 Å². The molecule has 2 aliphatic rings. The SMILES string of the molecule is COc1ccc(C2CC(NN3CCOCC3)C2)cc1. The molecule has 0 bridgehead atoms. The monoisotopic (exact) mass is 262 g/mol. The Labute approximate surface area is 114 Å². The third kappa shape index (κ3) is 3.08. The second-order valence-electron chi connectivity index (χ2n) is 5.37. The van der Waals surface area contributed by atoms with Crippen molar-refractivity contribution in [2.24, 2.45) is 0 Å². The van der Waals surface area contributed by atoms with Gasteiger partial charge in [-0.3, -0.25) is 5.43 Å². The van der Waals surface area contributed by atoms with Gasteiger partial charge in [0.2, 0.25) is 0 Å². The molecule has 1 heterocycles. The predicted molar refractivity (Wildman–Crippen MR) is 74.3 cm³/mol. The van der Waals surface area contributed by atoms with Crippen molar-refractivity contribution in [2.45, 2.75) is 24.8 Å². The third-order valence-corrected chi connectivity index (χ3v) is 4.10. The summed E-state index contributed by atoms with van der Waals surface area (Å²) in [5.41, 5.74) is 5.04. The van der Waals surface area contributed by atoms with Gasteiger partial charge in [-0.25, -0.2) is 5.01 Å². The predicted octanol–water partition coefficient (Wildman–Crippen LogP) is 1.78. The first-order valence-electron chi connectivity index (χ1n) is 7.08. The zero-order valence-electron chi connectivity index (χ0n) is 11.5. The number of morpholine rings is 1. The topological polar surface area (TPSA) is 33.7 Å². The van der Waals surface area contributed by atoms with Crippen LogP contribution < -0.4 is 10.2 Å². The maximum atomic E-state index is 5.35. The van der Waals surface area contributed by atoms with Gasteiger partial charge in [0.05, 0.1) is 20.3 Å². The number of hydrogen-bond donors (Lipinski definition) is 1. The number of hydrogen-bond acceptors (Lipinski definition) is 4. The Bertz CT molecular complexity index is 395. The maximum absolute atomic E-state index is 5.35. The zero-order chi connectivity index (χ0) is 13.1. The van der Waals surface area contributed by atoms with E-state index in [4.69, 9.17) is 9.47 Å². The number of nitrogens with zero attached hydrogens (tertiary/aromatic N) is 1. The van der Waals surface area contributed by atoms with E-state index in [1.165, 1.54) is 18.4 Å². The molecule has 4 nitrogen and oxygen atoms in total.